The van der Waals surface area contributed by atoms with Gasteiger partial charge in [0.15, 0.2) is 0 Å². The molecule has 0 saturated carbocycles. The van der Waals surface area contributed by atoms with Gasteiger partial charge in [0.05, 0.1) is 19.1 Å². The number of alkyl halides is 2. The monoisotopic (exact) mass is 412 g/mol. The Morgan fingerprint density at radius 3 is 2.21 bits per heavy atom. The molecule has 2 aromatic rings. The van der Waals surface area contributed by atoms with Gasteiger partial charge in [-0.15, -0.1) is 0 Å². The van der Waals surface area contributed by atoms with Gasteiger partial charge in [-0.05, 0) is 30.7 Å². The second kappa shape index (κ2) is 8.22. The number of ether oxygens (including phenoxy) is 2. The number of nitrogens with zero attached hydrogens (tertiary/aromatic N) is 1. The summed E-state index contributed by atoms with van der Waals surface area (Å²) in [7, 11) is -1.37. The van der Waals surface area contributed by atoms with Crippen molar-refractivity contribution < 1.29 is 26.7 Å². The first-order chi connectivity index (χ1) is 13.3. The summed E-state index contributed by atoms with van der Waals surface area (Å²) < 4.78 is 58.8. The van der Waals surface area contributed by atoms with Crippen molar-refractivity contribution in [3.8, 4) is 11.5 Å². The molecule has 9 heteroatoms. The SMILES string of the molecule is COc1cc(OC)cc(N2CCC(Nc3ccc(S(=O)(=O)C(F)F)cc3)C2)c1. The molecule has 0 amide bonds. The number of halogens is 2. The minimum absolute atomic E-state index is 0.134. The Bertz CT molecular complexity index is 898. The van der Waals surface area contributed by atoms with Gasteiger partial charge in [0.2, 0.25) is 9.84 Å². The lowest BCUT2D eigenvalue weighted by atomic mass is 10.2. The summed E-state index contributed by atoms with van der Waals surface area (Å²) in [5.41, 5.74) is 1.67. The number of nitrogens with one attached hydrogen (secondary N) is 1. The summed E-state index contributed by atoms with van der Waals surface area (Å²) in [6.45, 7) is 1.55. The second-order valence-electron chi connectivity index (χ2n) is 6.48. The first kappa shape index (κ1) is 20.2. The Morgan fingerprint density at radius 2 is 1.68 bits per heavy atom. The average Bonchev–Trinajstić information content (AvgIpc) is 3.16. The zero-order valence-electron chi connectivity index (χ0n) is 15.6. The number of hydrogen-bond acceptors (Lipinski definition) is 6. The highest BCUT2D eigenvalue weighted by molar-refractivity contribution is 7.91. The van der Waals surface area contributed by atoms with Crippen molar-refractivity contribution in [2.24, 2.45) is 0 Å². The quantitative estimate of drug-likeness (QED) is 0.752. The molecule has 1 heterocycles. The fraction of sp³-hybridized carbons (Fsp3) is 0.368. The van der Waals surface area contributed by atoms with E-state index < -0.39 is 15.6 Å². The highest BCUT2D eigenvalue weighted by Gasteiger charge is 2.27. The van der Waals surface area contributed by atoms with Gasteiger partial charge in [0, 0.05) is 48.7 Å². The van der Waals surface area contributed by atoms with E-state index in [2.05, 4.69) is 10.2 Å². The molecule has 0 spiro atoms. The smallest absolute Gasteiger partial charge is 0.341 e. The maximum atomic E-state index is 12.6. The van der Waals surface area contributed by atoms with Crippen LogP contribution in [0.5, 0.6) is 11.5 Å². The van der Waals surface area contributed by atoms with Gasteiger partial charge in [-0.1, -0.05) is 0 Å². The van der Waals surface area contributed by atoms with Crippen LogP contribution >= 0.6 is 0 Å². The van der Waals surface area contributed by atoms with E-state index in [1.165, 1.54) is 24.3 Å². The van der Waals surface area contributed by atoms with Crippen LogP contribution in [-0.4, -0.2) is 47.5 Å². The Morgan fingerprint density at radius 1 is 1.07 bits per heavy atom. The van der Waals surface area contributed by atoms with Gasteiger partial charge in [0.1, 0.15) is 11.5 Å². The lowest BCUT2D eigenvalue weighted by Gasteiger charge is -2.21. The van der Waals surface area contributed by atoms with Crippen LogP contribution in [0.3, 0.4) is 0 Å². The van der Waals surface area contributed by atoms with Crippen molar-refractivity contribution in [3.05, 3.63) is 42.5 Å². The van der Waals surface area contributed by atoms with E-state index in [4.69, 9.17) is 9.47 Å². The number of anilines is 2. The van der Waals surface area contributed by atoms with Crippen molar-refractivity contribution in [2.75, 3.05) is 37.5 Å². The minimum Gasteiger partial charge on any atom is -0.497 e. The number of rotatable bonds is 7. The largest absolute Gasteiger partial charge is 0.497 e. The van der Waals surface area contributed by atoms with Gasteiger partial charge in [-0.25, -0.2) is 8.42 Å². The van der Waals surface area contributed by atoms with Crippen LogP contribution in [0.15, 0.2) is 47.4 Å². The number of benzene rings is 2. The van der Waals surface area contributed by atoms with Gasteiger partial charge >= 0.3 is 5.76 Å². The van der Waals surface area contributed by atoms with E-state index in [-0.39, 0.29) is 10.9 Å². The normalized spacial score (nSPS) is 17.0. The molecule has 1 unspecified atom stereocenters. The first-order valence-electron chi connectivity index (χ1n) is 8.70. The van der Waals surface area contributed by atoms with Gasteiger partial charge in [-0.2, -0.15) is 8.78 Å². The van der Waals surface area contributed by atoms with Crippen LogP contribution in [0.2, 0.25) is 0 Å². The number of methoxy groups -OCH3 is 2. The molecule has 1 atom stereocenters. The zero-order valence-corrected chi connectivity index (χ0v) is 16.4. The van der Waals surface area contributed by atoms with Gasteiger partial charge in [0.25, 0.3) is 0 Å². The topological polar surface area (TPSA) is 67.9 Å². The predicted molar refractivity (Wildman–Crippen MR) is 103 cm³/mol. The van der Waals surface area contributed by atoms with E-state index in [0.29, 0.717) is 17.2 Å². The van der Waals surface area contributed by atoms with Crippen LogP contribution in [-0.2, 0) is 9.84 Å². The summed E-state index contributed by atoms with van der Waals surface area (Å²) in [5.74, 6) is -2.00. The third-order valence-corrected chi connectivity index (χ3v) is 6.08. The molecular weight excluding hydrogens is 390 g/mol. The molecule has 1 N–H and O–H groups in total. The molecule has 2 aromatic carbocycles. The highest BCUT2D eigenvalue weighted by Crippen LogP contribution is 2.31. The Balaban J connectivity index is 1.67. The molecule has 1 fully saturated rings. The lowest BCUT2D eigenvalue weighted by Crippen LogP contribution is -2.26. The molecule has 6 nitrogen and oxygen atoms in total. The Labute approximate surface area is 163 Å². The van der Waals surface area contributed by atoms with Crippen molar-refractivity contribution >= 4 is 21.2 Å². The van der Waals surface area contributed by atoms with Crippen LogP contribution in [0.25, 0.3) is 0 Å². The van der Waals surface area contributed by atoms with E-state index in [1.54, 1.807) is 14.2 Å². The minimum atomic E-state index is -4.57. The molecule has 152 valence electrons. The van der Waals surface area contributed by atoms with Gasteiger partial charge < -0.3 is 19.7 Å². The van der Waals surface area contributed by atoms with Gasteiger partial charge in [-0.3, -0.25) is 0 Å². The maximum absolute atomic E-state index is 12.6. The molecule has 28 heavy (non-hydrogen) atoms. The van der Waals surface area contributed by atoms with E-state index in [0.717, 1.165) is 25.2 Å². The van der Waals surface area contributed by atoms with Crippen molar-refractivity contribution in [1.82, 2.24) is 0 Å². The van der Waals surface area contributed by atoms with Crippen LogP contribution < -0.4 is 19.7 Å². The van der Waals surface area contributed by atoms with Crippen molar-refractivity contribution in [2.45, 2.75) is 23.1 Å². The third-order valence-electron chi connectivity index (χ3n) is 4.68. The summed E-state index contributed by atoms with van der Waals surface area (Å²) in [6, 6.07) is 11.2. The van der Waals surface area contributed by atoms with E-state index >= 15 is 0 Å². The lowest BCUT2D eigenvalue weighted by molar-refractivity contribution is 0.234. The van der Waals surface area contributed by atoms with Crippen LogP contribution in [0.4, 0.5) is 20.2 Å². The predicted octanol–water partition coefficient (Wildman–Crippen LogP) is 3.39. The zero-order chi connectivity index (χ0) is 20.3. The summed E-state index contributed by atoms with van der Waals surface area (Å²) in [6.07, 6.45) is 0.872. The fourth-order valence-corrected chi connectivity index (χ4v) is 3.89. The molecule has 0 aromatic heterocycles. The van der Waals surface area contributed by atoms with Crippen LogP contribution in [0, 0.1) is 0 Å². The van der Waals surface area contributed by atoms with E-state index in [1.807, 2.05) is 18.2 Å². The maximum Gasteiger partial charge on any atom is 0.341 e. The van der Waals surface area contributed by atoms with E-state index in [9.17, 15) is 17.2 Å². The Kier molecular flexibility index (Phi) is 5.93. The number of hydrogen-bond donors (Lipinski definition) is 1. The molecule has 0 radical (unpaired) electrons. The molecule has 0 aliphatic carbocycles. The van der Waals surface area contributed by atoms with Crippen molar-refractivity contribution in [3.63, 3.8) is 0 Å². The second-order valence-corrected chi connectivity index (χ2v) is 8.39. The fourth-order valence-electron chi connectivity index (χ4n) is 3.17. The summed E-state index contributed by atoms with van der Waals surface area (Å²) >= 11 is 0. The molecular formula is C19H22F2N2O4S. The Hall–Kier alpha value is -2.55. The molecule has 3 rings (SSSR count). The third kappa shape index (κ3) is 4.30. The molecule has 1 aliphatic heterocycles. The highest BCUT2D eigenvalue weighted by atomic mass is 32.2. The summed E-state index contributed by atoms with van der Waals surface area (Å²) in [4.78, 5) is 1.81. The van der Waals surface area contributed by atoms with Crippen LogP contribution in [0.1, 0.15) is 6.42 Å². The molecule has 1 aliphatic rings. The number of sulfone groups is 1. The van der Waals surface area contributed by atoms with Crippen molar-refractivity contribution in [1.29, 1.82) is 0 Å². The summed E-state index contributed by atoms with van der Waals surface area (Å²) in [5, 5.41) is 3.32. The molecule has 0 bridgehead atoms. The average molecular weight is 412 g/mol. The standard InChI is InChI=1S/C19H22F2N2O4S/c1-26-16-9-15(10-17(11-16)27-2)23-8-7-14(12-23)22-13-3-5-18(6-4-13)28(24,25)19(20)21/h3-6,9-11,14,19,22H,7-8,12H2,1-2H3. The molecule has 1 saturated heterocycles. The first-order valence-corrected chi connectivity index (χ1v) is 10.2.